The number of carbonyl (C=O) groups excluding carboxylic acids is 2. The summed E-state index contributed by atoms with van der Waals surface area (Å²) in [6.07, 6.45) is 0. The SMILES string of the molecule is NNC(=O)c1ccc(CN(C(=O)N2CCN(C3COC3)CC2)c2ccc(F)cc2)c(F)c1. The van der Waals surface area contributed by atoms with E-state index in [1.807, 2.05) is 5.43 Å². The van der Waals surface area contributed by atoms with Crippen LogP contribution in [0.3, 0.4) is 0 Å². The maximum atomic E-state index is 14.7. The predicted molar refractivity (Wildman–Crippen MR) is 114 cm³/mol. The van der Waals surface area contributed by atoms with Gasteiger partial charge >= 0.3 is 6.03 Å². The third-order valence-electron chi connectivity index (χ3n) is 5.87. The average Bonchev–Trinajstić information content (AvgIpc) is 2.77. The van der Waals surface area contributed by atoms with E-state index in [0.29, 0.717) is 38.0 Å². The number of hydrazine groups is 1. The summed E-state index contributed by atoms with van der Waals surface area (Å²) in [5.74, 6) is 3.42. The Morgan fingerprint density at radius 2 is 1.75 bits per heavy atom. The number of rotatable bonds is 5. The number of hydrogen-bond donors (Lipinski definition) is 2. The third-order valence-corrected chi connectivity index (χ3v) is 5.87. The number of nitrogens with two attached hydrogens (primary N) is 1. The molecule has 2 aliphatic heterocycles. The van der Waals surface area contributed by atoms with Crippen LogP contribution in [0.15, 0.2) is 42.5 Å². The molecule has 0 aliphatic carbocycles. The lowest BCUT2D eigenvalue weighted by molar-refractivity contribution is -0.0738. The molecule has 4 rings (SSSR count). The minimum atomic E-state index is -0.638. The number of hydrogen-bond acceptors (Lipinski definition) is 5. The summed E-state index contributed by atoms with van der Waals surface area (Å²) in [5.41, 5.74) is 2.71. The van der Waals surface area contributed by atoms with E-state index < -0.39 is 17.5 Å². The van der Waals surface area contributed by atoms with E-state index in [0.717, 1.165) is 19.2 Å². The van der Waals surface area contributed by atoms with Crippen molar-refractivity contribution in [2.75, 3.05) is 44.3 Å². The fourth-order valence-electron chi connectivity index (χ4n) is 3.84. The van der Waals surface area contributed by atoms with Gasteiger partial charge in [0.2, 0.25) is 0 Å². The number of nitrogen functional groups attached to an aromatic ring is 1. The summed E-state index contributed by atoms with van der Waals surface area (Å²) >= 11 is 0. The zero-order valence-corrected chi connectivity index (χ0v) is 17.5. The largest absolute Gasteiger partial charge is 0.378 e. The first-order chi connectivity index (χ1) is 15.5. The Labute approximate surface area is 184 Å². The first-order valence-electron chi connectivity index (χ1n) is 10.4. The summed E-state index contributed by atoms with van der Waals surface area (Å²) < 4.78 is 33.4. The molecule has 2 saturated heterocycles. The van der Waals surface area contributed by atoms with Crippen LogP contribution < -0.4 is 16.2 Å². The number of ether oxygens (including phenoxy) is 1. The molecule has 0 bridgehead atoms. The van der Waals surface area contributed by atoms with Gasteiger partial charge in [-0.3, -0.25) is 20.0 Å². The highest BCUT2D eigenvalue weighted by molar-refractivity contribution is 5.94. The fraction of sp³-hybridized carbons (Fsp3) is 0.364. The van der Waals surface area contributed by atoms with E-state index in [9.17, 15) is 18.4 Å². The Balaban J connectivity index is 1.53. The van der Waals surface area contributed by atoms with Crippen LogP contribution in [0.4, 0.5) is 19.3 Å². The van der Waals surface area contributed by atoms with E-state index in [2.05, 4.69) is 4.90 Å². The molecule has 10 heteroatoms. The third kappa shape index (κ3) is 4.72. The number of benzene rings is 2. The van der Waals surface area contributed by atoms with E-state index >= 15 is 0 Å². The molecule has 2 aliphatic rings. The van der Waals surface area contributed by atoms with Gasteiger partial charge in [0.05, 0.1) is 25.8 Å². The second kappa shape index (κ2) is 9.60. The number of amides is 3. The highest BCUT2D eigenvalue weighted by Gasteiger charge is 2.32. The number of carbonyl (C=O) groups is 2. The highest BCUT2D eigenvalue weighted by atomic mass is 19.1. The van der Waals surface area contributed by atoms with Crippen molar-refractivity contribution in [3.8, 4) is 0 Å². The van der Waals surface area contributed by atoms with Crippen LogP contribution in [-0.2, 0) is 11.3 Å². The molecule has 0 unspecified atom stereocenters. The van der Waals surface area contributed by atoms with Gasteiger partial charge < -0.3 is 9.64 Å². The van der Waals surface area contributed by atoms with Crippen molar-refractivity contribution in [3.05, 3.63) is 65.2 Å². The van der Waals surface area contributed by atoms with Gasteiger partial charge in [0.1, 0.15) is 11.6 Å². The molecule has 2 aromatic rings. The molecule has 0 atom stereocenters. The van der Waals surface area contributed by atoms with Gasteiger partial charge in [-0.2, -0.15) is 0 Å². The smallest absolute Gasteiger partial charge is 0.324 e. The van der Waals surface area contributed by atoms with Crippen LogP contribution in [0.2, 0.25) is 0 Å². The molecule has 0 saturated carbocycles. The number of halogens is 2. The topological polar surface area (TPSA) is 91.1 Å². The quantitative estimate of drug-likeness (QED) is 0.416. The predicted octanol–water partition coefficient (Wildman–Crippen LogP) is 1.71. The van der Waals surface area contributed by atoms with Crippen molar-refractivity contribution < 1.29 is 23.1 Å². The van der Waals surface area contributed by atoms with Crippen molar-refractivity contribution >= 4 is 17.6 Å². The average molecular weight is 445 g/mol. The Kier molecular flexibility index (Phi) is 6.63. The molecule has 8 nitrogen and oxygen atoms in total. The standard InChI is InChI=1S/C22H25F2N5O3/c23-17-3-5-18(6-4-17)29(12-16-2-1-15(11-20(16)24)21(30)26-25)22(31)28-9-7-27(8-10-28)19-13-32-14-19/h1-6,11,19H,7-10,12-14,25H2,(H,26,30). The van der Waals surface area contributed by atoms with Crippen LogP contribution in [0.5, 0.6) is 0 Å². The van der Waals surface area contributed by atoms with Crippen LogP contribution in [0, 0.1) is 11.6 Å². The first kappa shape index (κ1) is 22.1. The van der Waals surface area contributed by atoms with Crippen molar-refractivity contribution in [3.63, 3.8) is 0 Å². The Morgan fingerprint density at radius 1 is 1.06 bits per heavy atom. The normalized spacial score (nSPS) is 17.0. The molecule has 32 heavy (non-hydrogen) atoms. The van der Waals surface area contributed by atoms with Crippen molar-refractivity contribution in [2.45, 2.75) is 12.6 Å². The summed E-state index contributed by atoms with van der Waals surface area (Å²) in [6.45, 7) is 3.89. The molecule has 0 spiro atoms. The number of nitrogens with zero attached hydrogens (tertiary/aromatic N) is 3. The van der Waals surface area contributed by atoms with Gasteiger partial charge in [-0.1, -0.05) is 6.07 Å². The lowest BCUT2D eigenvalue weighted by Crippen LogP contribution is -2.59. The van der Waals surface area contributed by atoms with Gasteiger partial charge in [0.15, 0.2) is 0 Å². The minimum absolute atomic E-state index is 0.0719. The summed E-state index contributed by atoms with van der Waals surface area (Å²) in [6, 6.07) is 9.57. The summed E-state index contributed by atoms with van der Waals surface area (Å²) in [7, 11) is 0. The van der Waals surface area contributed by atoms with Crippen LogP contribution in [0.25, 0.3) is 0 Å². The highest BCUT2D eigenvalue weighted by Crippen LogP contribution is 2.23. The van der Waals surface area contributed by atoms with Gasteiger partial charge in [0, 0.05) is 43.0 Å². The molecular formula is C22H25F2N5O3. The van der Waals surface area contributed by atoms with E-state index in [-0.39, 0.29) is 23.7 Å². The van der Waals surface area contributed by atoms with Gasteiger partial charge in [0.25, 0.3) is 5.91 Å². The number of piperazine rings is 1. The molecule has 2 fully saturated rings. The molecular weight excluding hydrogens is 420 g/mol. The zero-order valence-electron chi connectivity index (χ0n) is 17.5. The Hall–Kier alpha value is -3.08. The van der Waals surface area contributed by atoms with Crippen molar-refractivity contribution in [1.82, 2.24) is 15.2 Å². The molecule has 3 N–H and O–H groups in total. The fourth-order valence-corrected chi connectivity index (χ4v) is 3.84. The van der Waals surface area contributed by atoms with Crippen molar-refractivity contribution in [1.29, 1.82) is 0 Å². The lowest BCUT2D eigenvalue weighted by Gasteiger charge is -2.43. The molecule has 2 heterocycles. The van der Waals surface area contributed by atoms with E-state index in [4.69, 9.17) is 10.6 Å². The molecule has 2 aromatic carbocycles. The minimum Gasteiger partial charge on any atom is -0.378 e. The second-order valence-corrected chi connectivity index (χ2v) is 7.84. The Morgan fingerprint density at radius 3 is 2.31 bits per heavy atom. The zero-order chi connectivity index (χ0) is 22.7. The Bertz CT molecular complexity index is 976. The van der Waals surface area contributed by atoms with Crippen LogP contribution in [0.1, 0.15) is 15.9 Å². The van der Waals surface area contributed by atoms with Gasteiger partial charge in [-0.05, 0) is 36.4 Å². The van der Waals surface area contributed by atoms with Crippen LogP contribution in [-0.4, -0.2) is 67.2 Å². The molecule has 170 valence electrons. The van der Waals surface area contributed by atoms with Gasteiger partial charge in [-0.25, -0.2) is 19.4 Å². The van der Waals surface area contributed by atoms with Gasteiger partial charge in [-0.15, -0.1) is 0 Å². The summed E-state index contributed by atoms with van der Waals surface area (Å²) in [5, 5.41) is 0. The van der Waals surface area contributed by atoms with E-state index in [1.165, 1.54) is 41.3 Å². The van der Waals surface area contributed by atoms with Crippen molar-refractivity contribution in [2.24, 2.45) is 5.84 Å². The van der Waals surface area contributed by atoms with E-state index in [1.54, 1.807) is 4.90 Å². The molecule has 0 radical (unpaired) electrons. The van der Waals surface area contributed by atoms with Crippen LogP contribution >= 0.6 is 0 Å². The second-order valence-electron chi connectivity index (χ2n) is 7.84. The monoisotopic (exact) mass is 445 g/mol. The molecule has 3 amide bonds. The number of anilines is 1. The number of nitrogens with one attached hydrogen (secondary N) is 1. The maximum Gasteiger partial charge on any atom is 0.324 e. The maximum absolute atomic E-state index is 14.7. The molecule has 0 aromatic heterocycles. The lowest BCUT2D eigenvalue weighted by atomic mass is 10.1. The first-order valence-corrected chi connectivity index (χ1v) is 10.4. The number of urea groups is 1. The summed E-state index contributed by atoms with van der Waals surface area (Å²) in [4.78, 5) is 30.5.